The summed E-state index contributed by atoms with van der Waals surface area (Å²) in [6.07, 6.45) is 1.43. The van der Waals surface area contributed by atoms with Gasteiger partial charge in [-0.25, -0.2) is 5.90 Å². The van der Waals surface area contributed by atoms with Crippen LogP contribution in [-0.4, -0.2) is 19.2 Å². The Bertz CT molecular complexity index is 51.7. The minimum Gasteiger partial charge on any atom is -0.344 e. The van der Waals surface area contributed by atoms with Gasteiger partial charge in [-0.15, -0.1) is 0 Å². The predicted octanol–water partition coefficient (Wildman–Crippen LogP) is -1.79. The molecule has 1 atom stereocenters. The van der Waals surface area contributed by atoms with Gasteiger partial charge in [0.2, 0.25) is 0 Å². The third-order valence-electron chi connectivity index (χ3n) is 1.31. The number of hydrogen-bond acceptors (Lipinski definition) is 2. The van der Waals surface area contributed by atoms with E-state index in [4.69, 9.17) is 5.90 Å². The molecule has 0 aromatic heterocycles. The highest BCUT2D eigenvalue weighted by molar-refractivity contribution is 4.55. The van der Waals surface area contributed by atoms with Crippen LogP contribution in [0.15, 0.2) is 0 Å². The van der Waals surface area contributed by atoms with Gasteiger partial charge in [0.15, 0.2) is 0 Å². The van der Waals surface area contributed by atoms with E-state index in [1.54, 1.807) is 0 Å². The average molecular weight is 103 g/mol. The van der Waals surface area contributed by atoms with Gasteiger partial charge in [0.05, 0.1) is 6.54 Å². The Hall–Kier alpha value is -0.120. The lowest BCUT2D eigenvalue weighted by molar-refractivity contribution is -0.638. The topological polar surface area (TPSA) is 51.9 Å². The Kier molecular flexibility index (Phi) is 1.62. The summed E-state index contributed by atoms with van der Waals surface area (Å²) in [5, 5.41) is 2.21. The van der Waals surface area contributed by atoms with E-state index in [1.807, 2.05) is 0 Å². The van der Waals surface area contributed by atoms with E-state index in [0.29, 0.717) is 6.10 Å². The van der Waals surface area contributed by atoms with Crippen molar-refractivity contribution in [2.75, 3.05) is 13.1 Å². The van der Waals surface area contributed by atoms with Gasteiger partial charge >= 0.3 is 0 Å². The van der Waals surface area contributed by atoms with Crippen LogP contribution >= 0.6 is 0 Å². The lowest BCUT2D eigenvalue weighted by atomic mass is 10.3. The summed E-state index contributed by atoms with van der Waals surface area (Å²) in [6.45, 7) is 2.21. The molecular formula is C4H11N2O+. The van der Waals surface area contributed by atoms with Crippen molar-refractivity contribution < 1.29 is 10.2 Å². The zero-order chi connectivity index (χ0) is 5.11. The van der Waals surface area contributed by atoms with E-state index >= 15 is 0 Å². The van der Waals surface area contributed by atoms with Crippen LogP contribution < -0.4 is 11.2 Å². The van der Waals surface area contributed by atoms with Crippen LogP contribution in [-0.2, 0) is 4.84 Å². The molecule has 0 unspecified atom stereocenters. The molecule has 0 saturated carbocycles. The summed E-state index contributed by atoms with van der Waals surface area (Å²) >= 11 is 0. The van der Waals surface area contributed by atoms with E-state index < -0.39 is 0 Å². The lowest BCUT2D eigenvalue weighted by Crippen LogP contribution is -2.81. The molecule has 0 aromatic carbocycles. The maximum atomic E-state index is 4.91. The van der Waals surface area contributed by atoms with Gasteiger partial charge in [-0.1, -0.05) is 0 Å². The van der Waals surface area contributed by atoms with Crippen molar-refractivity contribution in [1.82, 2.24) is 0 Å². The van der Waals surface area contributed by atoms with E-state index in [9.17, 15) is 0 Å². The first-order chi connectivity index (χ1) is 3.43. The first kappa shape index (κ1) is 5.03. The van der Waals surface area contributed by atoms with Crippen LogP contribution in [0, 0.1) is 0 Å². The first-order valence-electron chi connectivity index (χ1n) is 2.60. The van der Waals surface area contributed by atoms with Crippen molar-refractivity contribution in [3.8, 4) is 0 Å². The van der Waals surface area contributed by atoms with Crippen LogP contribution in [0.3, 0.4) is 0 Å². The molecule has 3 heteroatoms. The molecule has 0 aliphatic carbocycles. The fraction of sp³-hybridized carbons (Fsp3) is 1.00. The Morgan fingerprint density at radius 2 is 2.57 bits per heavy atom. The second kappa shape index (κ2) is 2.26. The Labute approximate surface area is 42.8 Å². The molecule has 1 aliphatic rings. The summed E-state index contributed by atoms with van der Waals surface area (Å²) in [6, 6.07) is 0. The summed E-state index contributed by atoms with van der Waals surface area (Å²) in [5.74, 6) is 4.91. The highest BCUT2D eigenvalue weighted by Gasteiger charge is 2.16. The second-order valence-corrected chi connectivity index (χ2v) is 1.86. The van der Waals surface area contributed by atoms with Crippen molar-refractivity contribution in [2.24, 2.45) is 5.90 Å². The third-order valence-corrected chi connectivity index (χ3v) is 1.31. The first-order valence-corrected chi connectivity index (χ1v) is 2.60. The molecule has 3 nitrogen and oxygen atoms in total. The van der Waals surface area contributed by atoms with E-state index in [1.165, 1.54) is 6.54 Å². The van der Waals surface area contributed by atoms with Crippen molar-refractivity contribution in [3.05, 3.63) is 0 Å². The van der Waals surface area contributed by atoms with Gasteiger partial charge in [0.25, 0.3) is 0 Å². The second-order valence-electron chi connectivity index (χ2n) is 1.86. The monoisotopic (exact) mass is 103 g/mol. The van der Waals surface area contributed by atoms with Crippen molar-refractivity contribution in [3.63, 3.8) is 0 Å². The lowest BCUT2D eigenvalue weighted by Gasteiger charge is -1.97. The minimum atomic E-state index is 0.319. The quantitative estimate of drug-likeness (QED) is 0.385. The molecule has 1 rings (SSSR count). The Balaban J connectivity index is 2.14. The van der Waals surface area contributed by atoms with Crippen molar-refractivity contribution in [2.45, 2.75) is 12.5 Å². The molecule has 1 saturated heterocycles. The largest absolute Gasteiger partial charge is 0.344 e. The molecule has 0 radical (unpaired) electrons. The number of hydrogen-bond donors (Lipinski definition) is 2. The summed E-state index contributed by atoms with van der Waals surface area (Å²) < 4.78 is 0. The van der Waals surface area contributed by atoms with Gasteiger partial charge < -0.3 is 5.32 Å². The van der Waals surface area contributed by atoms with Crippen molar-refractivity contribution >= 4 is 0 Å². The van der Waals surface area contributed by atoms with E-state index in [0.717, 1.165) is 13.0 Å². The van der Waals surface area contributed by atoms with Crippen LogP contribution in [0.4, 0.5) is 0 Å². The fourth-order valence-corrected chi connectivity index (χ4v) is 0.849. The highest BCUT2D eigenvalue weighted by Crippen LogP contribution is 1.91. The average Bonchev–Trinajstić information content (AvgIpc) is 2.14. The SMILES string of the molecule is NO[C@@H]1CC[NH2+]C1. The molecule has 0 amide bonds. The van der Waals surface area contributed by atoms with Crippen LogP contribution in [0.2, 0.25) is 0 Å². The smallest absolute Gasteiger partial charge is 0.133 e. The summed E-state index contributed by atoms with van der Waals surface area (Å²) in [5.41, 5.74) is 0. The molecule has 0 bridgehead atoms. The molecule has 1 aliphatic heterocycles. The van der Waals surface area contributed by atoms with Gasteiger partial charge in [-0.3, -0.25) is 4.84 Å². The molecule has 42 valence electrons. The number of quaternary nitrogens is 1. The maximum Gasteiger partial charge on any atom is 0.133 e. The molecule has 4 N–H and O–H groups in total. The van der Waals surface area contributed by atoms with Gasteiger partial charge in [-0.2, -0.15) is 0 Å². The Morgan fingerprint density at radius 1 is 1.71 bits per heavy atom. The molecule has 0 spiro atoms. The van der Waals surface area contributed by atoms with Gasteiger partial charge in [-0.05, 0) is 0 Å². The predicted molar refractivity (Wildman–Crippen MR) is 25.3 cm³/mol. The molecule has 0 aromatic rings. The highest BCUT2D eigenvalue weighted by atomic mass is 16.6. The normalized spacial score (nSPS) is 31.3. The minimum absolute atomic E-state index is 0.319. The standard InChI is InChI=1S/C4H10N2O/c5-7-4-1-2-6-3-4/h4,6H,1-3,5H2/p+1/t4-/m1/s1. The summed E-state index contributed by atoms with van der Waals surface area (Å²) in [4.78, 5) is 4.58. The van der Waals surface area contributed by atoms with E-state index in [-0.39, 0.29) is 0 Å². The zero-order valence-electron chi connectivity index (χ0n) is 4.26. The summed E-state index contributed by atoms with van der Waals surface area (Å²) in [7, 11) is 0. The van der Waals surface area contributed by atoms with Crippen molar-refractivity contribution in [1.29, 1.82) is 0 Å². The van der Waals surface area contributed by atoms with Crippen LogP contribution in [0.5, 0.6) is 0 Å². The molecule has 7 heavy (non-hydrogen) atoms. The number of nitrogens with two attached hydrogens (primary N) is 2. The van der Waals surface area contributed by atoms with Gasteiger partial charge in [0.1, 0.15) is 12.6 Å². The van der Waals surface area contributed by atoms with Crippen LogP contribution in [0.1, 0.15) is 6.42 Å². The Morgan fingerprint density at radius 3 is 2.86 bits per heavy atom. The molecular weight excluding hydrogens is 92.1 g/mol. The third kappa shape index (κ3) is 1.12. The molecule has 1 fully saturated rings. The fourth-order valence-electron chi connectivity index (χ4n) is 0.849. The zero-order valence-corrected chi connectivity index (χ0v) is 4.26. The maximum absolute atomic E-state index is 4.91. The van der Waals surface area contributed by atoms with E-state index in [2.05, 4.69) is 10.2 Å². The molecule has 1 heterocycles. The van der Waals surface area contributed by atoms with Crippen LogP contribution in [0.25, 0.3) is 0 Å². The van der Waals surface area contributed by atoms with Gasteiger partial charge in [0, 0.05) is 6.42 Å². The number of rotatable bonds is 1.